The summed E-state index contributed by atoms with van der Waals surface area (Å²) in [6, 6.07) is 3.67. The van der Waals surface area contributed by atoms with Crippen LogP contribution in [0, 0.1) is 13.8 Å². The summed E-state index contributed by atoms with van der Waals surface area (Å²) in [6.07, 6.45) is 0. The van der Waals surface area contributed by atoms with Gasteiger partial charge in [-0.3, -0.25) is 4.79 Å². The first kappa shape index (κ1) is 20.9. The molecule has 1 fully saturated rings. The molecular formula is C19H32N3O3S+. The van der Waals surface area contributed by atoms with E-state index in [9.17, 15) is 13.2 Å². The molecule has 1 aliphatic rings. The van der Waals surface area contributed by atoms with Crippen molar-refractivity contribution in [3.8, 4) is 0 Å². The Balaban J connectivity index is 2.28. The highest BCUT2D eigenvalue weighted by Gasteiger charge is 2.35. The van der Waals surface area contributed by atoms with Gasteiger partial charge < -0.3 is 10.6 Å². The maximum Gasteiger partial charge on any atom is 0.275 e. The van der Waals surface area contributed by atoms with Crippen molar-refractivity contribution < 1.29 is 18.1 Å². The van der Waals surface area contributed by atoms with Crippen LogP contribution >= 0.6 is 0 Å². The number of amides is 1. The molecule has 6 nitrogen and oxygen atoms in total. The molecule has 1 aliphatic heterocycles. The van der Waals surface area contributed by atoms with Crippen LogP contribution in [0.25, 0.3) is 0 Å². The zero-order valence-electron chi connectivity index (χ0n) is 16.7. The Kier molecular flexibility index (Phi) is 5.85. The van der Waals surface area contributed by atoms with E-state index in [-0.39, 0.29) is 17.4 Å². The summed E-state index contributed by atoms with van der Waals surface area (Å²) >= 11 is 0. The summed E-state index contributed by atoms with van der Waals surface area (Å²) in [5.74, 6) is -0.347. The molecule has 26 heavy (non-hydrogen) atoms. The zero-order valence-corrected chi connectivity index (χ0v) is 17.5. The fraction of sp³-hybridized carbons (Fsp3) is 0.632. The number of piperazine rings is 1. The van der Waals surface area contributed by atoms with Crippen molar-refractivity contribution >= 4 is 15.9 Å². The molecule has 0 saturated carbocycles. The average molecular weight is 383 g/mol. The van der Waals surface area contributed by atoms with E-state index < -0.39 is 10.0 Å². The highest BCUT2D eigenvalue weighted by atomic mass is 32.2. The second-order valence-corrected chi connectivity index (χ2v) is 10.3. The summed E-state index contributed by atoms with van der Waals surface area (Å²) in [5.41, 5.74) is 8.06. The quantitative estimate of drug-likeness (QED) is 0.789. The van der Waals surface area contributed by atoms with Gasteiger partial charge in [-0.05, 0) is 42.9 Å². The minimum absolute atomic E-state index is 0.0301. The predicted octanol–water partition coefficient (Wildman–Crippen LogP) is 0.364. The molecule has 2 rings (SSSR count). The lowest BCUT2D eigenvalue weighted by Crippen LogP contribution is -3.19. The first-order chi connectivity index (χ1) is 11.9. The Morgan fingerprint density at radius 2 is 1.62 bits per heavy atom. The first-order valence-corrected chi connectivity index (χ1v) is 10.6. The standard InChI is InChI=1S/C19H31N3O3S/c1-13-11-16(19(4,5)6)12-14(2)17(13)26(24,25)22-9-7-21(8-10-22)15(3)18(20)23/h11-12,15H,7-10H2,1-6H3,(H2,20,23)/p+1/t15-/m0/s1. The third kappa shape index (κ3) is 4.10. The SMILES string of the molecule is Cc1cc(C(C)(C)C)cc(C)c1S(=O)(=O)N1CC[NH+]([C@@H](C)C(N)=O)CC1. The van der Waals surface area contributed by atoms with Gasteiger partial charge in [-0.2, -0.15) is 4.31 Å². The van der Waals surface area contributed by atoms with E-state index in [2.05, 4.69) is 20.8 Å². The Morgan fingerprint density at radius 1 is 1.15 bits per heavy atom. The van der Waals surface area contributed by atoms with Crippen molar-refractivity contribution in [3.05, 3.63) is 28.8 Å². The number of nitrogens with zero attached hydrogens (tertiary/aromatic N) is 1. The topological polar surface area (TPSA) is 84.9 Å². The minimum atomic E-state index is -3.55. The molecule has 146 valence electrons. The van der Waals surface area contributed by atoms with Gasteiger partial charge in [0.15, 0.2) is 6.04 Å². The molecular weight excluding hydrogens is 350 g/mol. The zero-order chi connectivity index (χ0) is 19.9. The molecule has 1 atom stereocenters. The molecule has 1 amide bonds. The summed E-state index contributed by atoms with van der Waals surface area (Å²) in [5, 5.41) is 0. The minimum Gasteiger partial charge on any atom is -0.365 e. The van der Waals surface area contributed by atoms with Crippen LogP contribution in [0.15, 0.2) is 17.0 Å². The molecule has 0 spiro atoms. The van der Waals surface area contributed by atoms with Crippen LogP contribution in [0.4, 0.5) is 0 Å². The number of quaternary nitrogens is 1. The van der Waals surface area contributed by atoms with E-state index in [1.807, 2.05) is 26.0 Å². The lowest BCUT2D eigenvalue weighted by Gasteiger charge is -2.34. The van der Waals surface area contributed by atoms with Crippen molar-refractivity contribution in [1.82, 2.24) is 4.31 Å². The Bertz CT molecular complexity index is 766. The largest absolute Gasteiger partial charge is 0.365 e. The van der Waals surface area contributed by atoms with Gasteiger partial charge in [0.1, 0.15) is 0 Å². The molecule has 1 aromatic rings. The van der Waals surface area contributed by atoms with Crippen LogP contribution in [-0.2, 0) is 20.2 Å². The maximum absolute atomic E-state index is 13.2. The van der Waals surface area contributed by atoms with Crippen molar-refractivity contribution in [2.45, 2.75) is 57.9 Å². The van der Waals surface area contributed by atoms with Crippen LogP contribution in [0.2, 0.25) is 0 Å². The summed E-state index contributed by atoms with van der Waals surface area (Å²) in [7, 11) is -3.55. The summed E-state index contributed by atoms with van der Waals surface area (Å²) in [4.78, 5) is 12.8. The van der Waals surface area contributed by atoms with Gasteiger partial charge in [-0.25, -0.2) is 8.42 Å². The normalized spacial score (nSPS) is 18.7. The van der Waals surface area contributed by atoms with E-state index in [1.54, 1.807) is 6.92 Å². The molecule has 0 aromatic heterocycles. The van der Waals surface area contributed by atoms with Crippen molar-refractivity contribution in [2.75, 3.05) is 26.2 Å². The van der Waals surface area contributed by atoms with Gasteiger partial charge in [0, 0.05) is 0 Å². The fourth-order valence-corrected chi connectivity index (χ4v) is 5.42. The Hall–Kier alpha value is -1.44. The van der Waals surface area contributed by atoms with Gasteiger partial charge in [0.2, 0.25) is 10.0 Å². The van der Waals surface area contributed by atoms with Gasteiger partial charge in [-0.1, -0.05) is 32.9 Å². The molecule has 1 heterocycles. The molecule has 1 aromatic carbocycles. The molecule has 0 radical (unpaired) electrons. The molecule has 0 bridgehead atoms. The smallest absolute Gasteiger partial charge is 0.275 e. The van der Waals surface area contributed by atoms with Crippen molar-refractivity contribution in [1.29, 1.82) is 0 Å². The maximum atomic E-state index is 13.2. The molecule has 0 unspecified atom stereocenters. The number of primary amides is 1. The summed E-state index contributed by atoms with van der Waals surface area (Å²) < 4.78 is 28.0. The van der Waals surface area contributed by atoms with E-state index in [1.165, 1.54) is 4.31 Å². The van der Waals surface area contributed by atoms with Crippen LogP contribution in [0.1, 0.15) is 44.4 Å². The number of carbonyl (C=O) groups excluding carboxylic acids is 1. The lowest BCUT2D eigenvalue weighted by molar-refractivity contribution is -0.917. The number of hydrogen-bond donors (Lipinski definition) is 2. The highest BCUT2D eigenvalue weighted by molar-refractivity contribution is 7.89. The molecule has 1 saturated heterocycles. The number of aryl methyl sites for hydroxylation is 2. The lowest BCUT2D eigenvalue weighted by atomic mass is 9.85. The number of nitrogens with two attached hydrogens (primary N) is 1. The molecule has 3 N–H and O–H groups in total. The van der Waals surface area contributed by atoms with Gasteiger partial charge in [0.05, 0.1) is 31.1 Å². The fourth-order valence-electron chi connectivity index (χ4n) is 3.57. The number of sulfonamides is 1. The van der Waals surface area contributed by atoms with E-state index >= 15 is 0 Å². The van der Waals surface area contributed by atoms with Crippen molar-refractivity contribution in [3.63, 3.8) is 0 Å². The van der Waals surface area contributed by atoms with E-state index in [0.717, 1.165) is 21.6 Å². The number of hydrogen-bond acceptors (Lipinski definition) is 3. The number of rotatable bonds is 4. The monoisotopic (exact) mass is 382 g/mol. The number of nitrogens with one attached hydrogen (secondary N) is 1. The second kappa shape index (κ2) is 7.29. The molecule has 0 aliphatic carbocycles. The van der Waals surface area contributed by atoms with Gasteiger partial charge >= 0.3 is 0 Å². The van der Waals surface area contributed by atoms with E-state index in [0.29, 0.717) is 31.1 Å². The van der Waals surface area contributed by atoms with Gasteiger partial charge in [0.25, 0.3) is 5.91 Å². The van der Waals surface area contributed by atoms with Gasteiger partial charge in [-0.15, -0.1) is 0 Å². The molecule has 7 heteroatoms. The Labute approximate surface area is 157 Å². The van der Waals surface area contributed by atoms with Crippen molar-refractivity contribution in [2.24, 2.45) is 5.73 Å². The summed E-state index contributed by atoms with van der Waals surface area (Å²) in [6.45, 7) is 13.9. The predicted molar refractivity (Wildman–Crippen MR) is 103 cm³/mol. The first-order valence-electron chi connectivity index (χ1n) is 9.11. The van der Waals surface area contributed by atoms with E-state index in [4.69, 9.17) is 5.73 Å². The average Bonchev–Trinajstić information content (AvgIpc) is 2.52. The van der Waals surface area contributed by atoms with Crippen LogP contribution in [0.3, 0.4) is 0 Å². The third-order valence-electron chi connectivity index (χ3n) is 5.33. The third-order valence-corrected chi connectivity index (χ3v) is 7.53. The van der Waals surface area contributed by atoms with Crippen LogP contribution in [0.5, 0.6) is 0 Å². The number of carbonyl (C=O) groups is 1. The van der Waals surface area contributed by atoms with Crippen LogP contribution in [-0.4, -0.2) is 50.9 Å². The highest BCUT2D eigenvalue weighted by Crippen LogP contribution is 2.30. The number of benzene rings is 1. The second-order valence-electron chi connectivity index (χ2n) is 8.38. The van der Waals surface area contributed by atoms with Crippen LogP contribution < -0.4 is 10.6 Å². The Morgan fingerprint density at radius 3 is 2.00 bits per heavy atom.